The number of phenols is 2. The zero-order valence-electron chi connectivity index (χ0n) is 17.5. The van der Waals surface area contributed by atoms with Crippen LogP contribution in [0.15, 0.2) is 39.5 Å². The van der Waals surface area contributed by atoms with Gasteiger partial charge in [0.25, 0.3) is 0 Å². The van der Waals surface area contributed by atoms with Gasteiger partial charge in [-0.15, -0.1) is 0 Å². The molecule has 0 saturated carbocycles. The number of aromatic hydroxyl groups is 3. The maximum Gasteiger partial charge on any atom is 0.238 e. The Morgan fingerprint density at radius 2 is 1.67 bits per heavy atom. The summed E-state index contributed by atoms with van der Waals surface area (Å²) < 4.78 is 21.6. The van der Waals surface area contributed by atoms with Gasteiger partial charge in [0, 0.05) is 17.7 Å². The number of hydrogen-bond donors (Lipinski definition) is 6. The smallest absolute Gasteiger partial charge is 0.238 e. The minimum absolute atomic E-state index is 0.0767. The van der Waals surface area contributed by atoms with Gasteiger partial charge < -0.3 is 49.3 Å². The fourth-order valence-electron chi connectivity index (χ4n) is 3.59. The summed E-state index contributed by atoms with van der Waals surface area (Å²) in [6, 6.07) is 6.31. The molecule has 11 nitrogen and oxygen atoms in total. The molecule has 3 aromatic rings. The summed E-state index contributed by atoms with van der Waals surface area (Å²) in [5.74, 6) is -1.75. The van der Waals surface area contributed by atoms with Crippen LogP contribution in [-0.2, 0) is 4.74 Å². The molecule has 176 valence electrons. The lowest BCUT2D eigenvalue weighted by atomic mass is 10.00. The molecule has 2 aromatic carbocycles. The number of fused-ring (bicyclic) bond motifs is 1. The van der Waals surface area contributed by atoms with Gasteiger partial charge in [-0.05, 0) is 25.1 Å². The predicted octanol–water partition coefficient (Wildman–Crippen LogP) is 0.792. The number of benzene rings is 2. The van der Waals surface area contributed by atoms with Crippen molar-refractivity contribution in [3.8, 4) is 40.1 Å². The van der Waals surface area contributed by atoms with Gasteiger partial charge in [0.15, 0.2) is 17.3 Å². The van der Waals surface area contributed by atoms with E-state index in [1.807, 2.05) is 0 Å². The lowest BCUT2D eigenvalue weighted by molar-refractivity contribution is -0.268. The second-order valence-corrected chi connectivity index (χ2v) is 7.61. The van der Waals surface area contributed by atoms with Gasteiger partial charge in [0.05, 0.1) is 13.2 Å². The van der Waals surface area contributed by atoms with Gasteiger partial charge in [-0.3, -0.25) is 4.79 Å². The largest absolute Gasteiger partial charge is 0.507 e. The molecule has 2 heterocycles. The molecule has 0 bridgehead atoms. The third-order valence-electron chi connectivity index (χ3n) is 5.43. The van der Waals surface area contributed by atoms with Crippen molar-refractivity contribution in [2.24, 2.45) is 0 Å². The number of hydrogen-bond acceptors (Lipinski definition) is 11. The van der Waals surface area contributed by atoms with Crippen molar-refractivity contribution in [2.45, 2.75) is 37.6 Å². The van der Waals surface area contributed by atoms with Crippen molar-refractivity contribution in [3.05, 3.63) is 40.6 Å². The molecule has 1 fully saturated rings. The number of phenolic OH excluding ortho intramolecular Hbond substituents is 2. The molecule has 0 spiro atoms. The quantitative estimate of drug-likeness (QED) is 0.323. The van der Waals surface area contributed by atoms with Gasteiger partial charge >= 0.3 is 0 Å². The van der Waals surface area contributed by atoms with Crippen LogP contribution in [0.4, 0.5) is 0 Å². The first kappa shape index (κ1) is 22.7. The highest BCUT2D eigenvalue weighted by molar-refractivity contribution is 5.88. The van der Waals surface area contributed by atoms with Crippen LogP contribution >= 0.6 is 0 Å². The van der Waals surface area contributed by atoms with Crippen molar-refractivity contribution >= 4 is 11.0 Å². The molecule has 6 N–H and O–H groups in total. The first-order chi connectivity index (χ1) is 15.6. The van der Waals surface area contributed by atoms with E-state index in [2.05, 4.69) is 0 Å². The predicted molar refractivity (Wildman–Crippen MR) is 112 cm³/mol. The number of aliphatic hydroxyl groups excluding tert-OH is 3. The van der Waals surface area contributed by atoms with Crippen LogP contribution in [0.3, 0.4) is 0 Å². The molecule has 4 rings (SSSR count). The van der Waals surface area contributed by atoms with E-state index in [1.165, 1.54) is 38.3 Å². The second-order valence-electron chi connectivity index (χ2n) is 7.61. The molecule has 0 aliphatic carbocycles. The Morgan fingerprint density at radius 1 is 0.939 bits per heavy atom. The summed E-state index contributed by atoms with van der Waals surface area (Å²) in [5.41, 5.74) is -0.860. The third-order valence-corrected chi connectivity index (χ3v) is 5.43. The lowest BCUT2D eigenvalue weighted by Crippen LogP contribution is -2.58. The van der Waals surface area contributed by atoms with E-state index in [4.69, 9.17) is 18.6 Å². The van der Waals surface area contributed by atoms with Gasteiger partial charge in [0.1, 0.15) is 40.8 Å². The standard InChI is InChI=1S/C22H22O11/c1-8-16(25)18(27)20(29)22(31-8)32-10-6-12(24)15-14(7-10)33-21(19(28)17(15)26)9-3-4-11(23)13(5-9)30-2/h3-8,16,18,20,22-25,27-29H,1-2H3/t8-,16-,18+,20-,22+/m0/s1. The van der Waals surface area contributed by atoms with Crippen LogP contribution in [0.2, 0.25) is 0 Å². The third kappa shape index (κ3) is 3.91. The summed E-state index contributed by atoms with van der Waals surface area (Å²) in [7, 11) is 1.33. The molecule has 33 heavy (non-hydrogen) atoms. The molecule has 5 atom stereocenters. The molecule has 1 saturated heterocycles. The molecular formula is C22H22O11. The van der Waals surface area contributed by atoms with Gasteiger partial charge in [0.2, 0.25) is 17.5 Å². The van der Waals surface area contributed by atoms with E-state index in [1.54, 1.807) is 0 Å². The highest BCUT2D eigenvalue weighted by Gasteiger charge is 2.43. The van der Waals surface area contributed by atoms with E-state index in [0.717, 1.165) is 6.07 Å². The van der Waals surface area contributed by atoms with E-state index in [-0.39, 0.29) is 39.5 Å². The van der Waals surface area contributed by atoms with Crippen LogP contribution in [0.1, 0.15) is 6.92 Å². The minimum atomic E-state index is -1.60. The molecule has 1 aliphatic heterocycles. The molecule has 0 amide bonds. The van der Waals surface area contributed by atoms with Gasteiger partial charge in [-0.1, -0.05) is 0 Å². The van der Waals surface area contributed by atoms with E-state index >= 15 is 0 Å². The van der Waals surface area contributed by atoms with Crippen molar-refractivity contribution in [1.29, 1.82) is 0 Å². The summed E-state index contributed by atoms with van der Waals surface area (Å²) in [6.07, 6.45) is -6.69. The van der Waals surface area contributed by atoms with Crippen molar-refractivity contribution in [3.63, 3.8) is 0 Å². The number of aliphatic hydroxyl groups is 3. The molecular weight excluding hydrogens is 440 g/mol. The Labute approximate surface area is 186 Å². The van der Waals surface area contributed by atoms with Gasteiger partial charge in [-0.2, -0.15) is 0 Å². The molecule has 1 aliphatic rings. The Balaban J connectivity index is 1.78. The molecule has 11 heteroatoms. The maximum absolute atomic E-state index is 12.7. The first-order valence-electron chi connectivity index (χ1n) is 9.88. The Hall–Kier alpha value is -3.51. The molecule has 0 radical (unpaired) electrons. The highest BCUT2D eigenvalue weighted by atomic mass is 16.7. The van der Waals surface area contributed by atoms with Crippen LogP contribution in [0, 0.1) is 0 Å². The summed E-state index contributed by atoms with van der Waals surface area (Å²) in [5, 5.41) is 60.2. The lowest BCUT2D eigenvalue weighted by Gasteiger charge is -2.38. The highest BCUT2D eigenvalue weighted by Crippen LogP contribution is 2.38. The zero-order chi connectivity index (χ0) is 24.0. The average molecular weight is 462 g/mol. The van der Waals surface area contributed by atoms with E-state index < -0.39 is 47.6 Å². The molecule has 0 unspecified atom stereocenters. The Morgan fingerprint density at radius 3 is 2.36 bits per heavy atom. The summed E-state index contributed by atoms with van der Waals surface area (Å²) >= 11 is 0. The van der Waals surface area contributed by atoms with Crippen molar-refractivity contribution in [1.82, 2.24) is 0 Å². The Kier molecular flexibility index (Phi) is 5.80. The SMILES string of the molecule is COc1cc(-c2oc3cc(O[C@H]4O[C@@H](C)[C@H](O)[C@@H](O)[C@@H]4O)cc(O)c3c(=O)c2O)ccc1O. The van der Waals surface area contributed by atoms with Crippen LogP contribution in [0.25, 0.3) is 22.3 Å². The fourth-order valence-corrected chi connectivity index (χ4v) is 3.59. The number of rotatable bonds is 4. The van der Waals surface area contributed by atoms with Crippen LogP contribution in [0.5, 0.6) is 28.7 Å². The summed E-state index contributed by atoms with van der Waals surface area (Å²) in [6.45, 7) is 1.48. The average Bonchev–Trinajstić information content (AvgIpc) is 2.78. The Bertz CT molecular complexity index is 1250. The number of ether oxygens (including phenoxy) is 3. The van der Waals surface area contributed by atoms with Crippen molar-refractivity contribution in [2.75, 3.05) is 7.11 Å². The minimum Gasteiger partial charge on any atom is -0.507 e. The fraction of sp³-hybridized carbons (Fsp3) is 0.318. The van der Waals surface area contributed by atoms with Gasteiger partial charge in [-0.25, -0.2) is 0 Å². The van der Waals surface area contributed by atoms with E-state index in [9.17, 15) is 35.4 Å². The zero-order valence-corrected chi connectivity index (χ0v) is 17.5. The monoisotopic (exact) mass is 462 g/mol. The molecule has 1 aromatic heterocycles. The number of methoxy groups -OCH3 is 1. The van der Waals surface area contributed by atoms with Crippen molar-refractivity contribution < 1.29 is 49.3 Å². The van der Waals surface area contributed by atoms with Crippen LogP contribution in [-0.4, -0.2) is 68.5 Å². The normalized spacial score (nSPS) is 25.2. The first-order valence-corrected chi connectivity index (χ1v) is 9.88. The van der Waals surface area contributed by atoms with Crippen LogP contribution < -0.4 is 14.9 Å². The summed E-state index contributed by atoms with van der Waals surface area (Å²) in [4.78, 5) is 12.7. The second kappa shape index (κ2) is 8.45. The topological polar surface area (TPSA) is 179 Å². The van der Waals surface area contributed by atoms with E-state index in [0.29, 0.717) is 0 Å². The maximum atomic E-state index is 12.7.